The Morgan fingerprint density at radius 3 is 2.50 bits per heavy atom. The highest BCUT2D eigenvalue weighted by Crippen LogP contribution is 2.57. The minimum absolute atomic E-state index is 0.0970. The van der Waals surface area contributed by atoms with Crippen molar-refractivity contribution in [1.29, 1.82) is 0 Å². The summed E-state index contributed by atoms with van der Waals surface area (Å²) in [6.07, 6.45) is 2.27. The minimum atomic E-state index is 0.0970. The number of hydrogen-bond acceptors (Lipinski definition) is 4. The Hall–Kier alpha value is -2.36. The van der Waals surface area contributed by atoms with Gasteiger partial charge in [-0.05, 0) is 65.0 Å². The second kappa shape index (κ2) is 6.07. The quantitative estimate of drug-likeness (QED) is 0.731. The van der Waals surface area contributed by atoms with E-state index in [4.69, 9.17) is 18.9 Å². The average Bonchev–Trinajstić information content (AvgIpc) is 3.10. The number of ether oxygens (including phenoxy) is 4. The van der Waals surface area contributed by atoms with Gasteiger partial charge < -0.3 is 18.9 Å². The molecule has 1 saturated carbocycles. The molecule has 2 aliphatic heterocycles. The van der Waals surface area contributed by atoms with E-state index in [2.05, 4.69) is 52.0 Å². The highest BCUT2D eigenvalue weighted by molar-refractivity contribution is 5.49. The van der Waals surface area contributed by atoms with Crippen molar-refractivity contribution in [3.63, 3.8) is 0 Å². The van der Waals surface area contributed by atoms with Crippen molar-refractivity contribution < 1.29 is 18.9 Å². The smallest absolute Gasteiger partial charge is 0.231 e. The van der Waals surface area contributed by atoms with Crippen LogP contribution >= 0.6 is 0 Å². The molecule has 0 aromatic heterocycles. The largest absolute Gasteiger partial charge is 0.486 e. The Kier molecular flexibility index (Phi) is 3.84. The molecule has 2 aromatic carbocycles. The molecule has 5 rings (SSSR count). The second-order valence-corrected chi connectivity index (χ2v) is 9.58. The Bertz CT molecular complexity index is 913. The van der Waals surface area contributed by atoms with Gasteiger partial charge in [-0.15, -0.1) is 0 Å². The predicted molar refractivity (Wildman–Crippen MR) is 108 cm³/mol. The summed E-state index contributed by atoms with van der Waals surface area (Å²) in [5.41, 5.74) is 2.87. The predicted octanol–water partition coefficient (Wildman–Crippen LogP) is 5.22. The summed E-state index contributed by atoms with van der Waals surface area (Å²) in [7, 11) is 0. The maximum Gasteiger partial charge on any atom is 0.231 e. The Labute approximate surface area is 166 Å². The van der Waals surface area contributed by atoms with Crippen LogP contribution in [-0.2, 0) is 10.8 Å². The molecular formula is C24H28O4. The summed E-state index contributed by atoms with van der Waals surface area (Å²) in [6.45, 7) is 9.94. The van der Waals surface area contributed by atoms with E-state index in [1.54, 1.807) is 0 Å². The van der Waals surface area contributed by atoms with Crippen LogP contribution in [0, 0.1) is 5.92 Å². The average molecular weight is 380 g/mol. The lowest BCUT2D eigenvalue weighted by Crippen LogP contribution is -2.30. The van der Waals surface area contributed by atoms with Gasteiger partial charge in [-0.2, -0.15) is 0 Å². The van der Waals surface area contributed by atoms with Crippen LogP contribution in [-0.4, -0.2) is 19.5 Å². The molecule has 0 spiro atoms. The van der Waals surface area contributed by atoms with E-state index in [1.165, 1.54) is 17.5 Å². The molecule has 0 radical (unpaired) electrons. The van der Waals surface area contributed by atoms with Crippen LogP contribution in [0.15, 0.2) is 36.4 Å². The standard InChI is InChI=1S/C24H28O4/c1-23(2,3)15-5-7-20-22(10-15)28-18(13-25-20)9-17-12-24(17,4)16-6-8-19-21(11-16)27-14-26-19/h5-8,10-11,17-18H,9,12-14H2,1-4H3. The zero-order chi connectivity index (χ0) is 19.5. The van der Waals surface area contributed by atoms with Gasteiger partial charge in [0.05, 0.1) is 0 Å². The highest BCUT2D eigenvalue weighted by atomic mass is 16.7. The topological polar surface area (TPSA) is 36.9 Å². The zero-order valence-electron chi connectivity index (χ0n) is 17.1. The molecule has 0 bridgehead atoms. The normalized spacial score (nSPS) is 27.6. The van der Waals surface area contributed by atoms with Gasteiger partial charge in [0, 0.05) is 0 Å². The SMILES string of the molecule is CC(C)(C)c1ccc2c(c1)OC(CC1CC1(C)c1ccc3c(c1)OCO3)CO2. The summed E-state index contributed by atoms with van der Waals surface area (Å²) in [5.74, 6) is 4.05. The molecule has 1 aliphatic carbocycles. The van der Waals surface area contributed by atoms with Crippen LogP contribution < -0.4 is 18.9 Å². The Morgan fingerprint density at radius 2 is 1.68 bits per heavy atom. The summed E-state index contributed by atoms with van der Waals surface area (Å²) < 4.78 is 23.4. The lowest BCUT2D eigenvalue weighted by atomic mass is 9.87. The number of fused-ring (bicyclic) bond motifs is 2. The molecule has 0 N–H and O–H groups in total. The molecule has 0 amide bonds. The first-order valence-corrected chi connectivity index (χ1v) is 10.2. The first-order valence-electron chi connectivity index (χ1n) is 10.2. The molecule has 1 fully saturated rings. The lowest BCUT2D eigenvalue weighted by Gasteiger charge is -2.29. The van der Waals surface area contributed by atoms with Crippen LogP contribution in [0.2, 0.25) is 0 Å². The highest BCUT2D eigenvalue weighted by Gasteiger charge is 2.52. The van der Waals surface area contributed by atoms with Crippen molar-refractivity contribution in [3.05, 3.63) is 47.5 Å². The molecule has 28 heavy (non-hydrogen) atoms. The number of benzene rings is 2. The lowest BCUT2D eigenvalue weighted by molar-refractivity contribution is 0.0790. The van der Waals surface area contributed by atoms with Crippen molar-refractivity contribution in [2.24, 2.45) is 5.92 Å². The van der Waals surface area contributed by atoms with Gasteiger partial charge in [0.25, 0.3) is 0 Å². The van der Waals surface area contributed by atoms with Crippen molar-refractivity contribution >= 4 is 0 Å². The maximum atomic E-state index is 6.35. The summed E-state index contributed by atoms with van der Waals surface area (Å²) in [4.78, 5) is 0. The molecule has 4 heteroatoms. The molecule has 4 nitrogen and oxygen atoms in total. The van der Waals surface area contributed by atoms with E-state index in [9.17, 15) is 0 Å². The summed E-state index contributed by atoms with van der Waals surface area (Å²) in [6, 6.07) is 12.7. The molecule has 0 saturated heterocycles. The maximum absolute atomic E-state index is 6.35. The van der Waals surface area contributed by atoms with Crippen LogP contribution in [0.1, 0.15) is 51.7 Å². The van der Waals surface area contributed by atoms with Crippen molar-refractivity contribution in [2.75, 3.05) is 13.4 Å². The van der Waals surface area contributed by atoms with Gasteiger partial charge >= 0.3 is 0 Å². The van der Waals surface area contributed by atoms with Crippen molar-refractivity contribution in [3.8, 4) is 23.0 Å². The minimum Gasteiger partial charge on any atom is -0.486 e. The number of hydrogen-bond donors (Lipinski definition) is 0. The molecule has 2 heterocycles. The van der Waals surface area contributed by atoms with Crippen molar-refractivity contribution in [1.82, 2.24) is 0 Å². The molecular weight excluding hydrogens is 352 g/mol. The first-order chi connectivity index (χ1) is 13.3. The molecule has 3 atom stereocenters. The molecule has 2 aromatic rings. The van der Waals surface area contributed by atoms with Gasteiger partial charge in [0.15, 0.2) is 23.0 Å². The third-order valence-electron chi connectivity index (χ3n) is 6.52. The fourth-order valence-corrected chi connectivity index (χ4v) is 4.42. The van der Waals surface area contributed by atoms with Gasteiger partial charge in [0.2, 0.25) is 6.79 Å². The summed E-state index contributed by atoms with van der Waals surface area (Å²) in [5, 5.41) is 0. The van der Waals surface area contributed by atoms with E-state index >= 15 is 0 Å². The van der Waals surface area contributed by atoms with Crippen LogP contribution in [0.25, 0.3) is 0 Å². The van der Waals surface area contributed by atoms with Crippen LogP contribution in [0.3, 0.4) is 0 Å². The number of rotatable bonds is 3. The second-order valence-electron chi connectivity index (χ2n) is 9.58. The fraction of sp³-hybridized carbons (Fsp3) is 0.500. The first kappa shape index (κ1) is 17.7. The van der Waals surface area contributed by atoms with E-state index in [1.807, 2.05) is 12.1 Å². The third-order valence-corrected chi connectivity index (χ3v) is 6.52. The third kappa shape index (κ3) is 2.99. The monoisotopic (exact) mass is 380 g/mol. The van der Waals surface area contributed by atoms with Crippen LogP contribution in [0.5, 0.6) is 23.0 Å². The molecule has 3 aliphatic rings. The van der Waals surface area contributed by atoms with E-state index in [-0.39, 0.29) is 16.9 Å². The van der Waals surface area contributed by atoms with Crippen LogP contribution in [0.4, 0.5) is 0 Å². The van der Waals surface area contributed by atoms with Gasteiger partial charge in [-0.1, -0.05) is 39.8 Å². The molecule has 3 unspecified atom stereocenters. The zero-order valence-corrected chi connectivity index (χ0v) is 17.1. The van der Waals surface area contributed by atoms with Gasteiger partial charge in [0.1, 0.15) is 12.7 Å². The molecule has 148 valence electrons. The Balaban J connectivity index is 1.28. The Morgan fingerprint density at radius 1 is 0.929 bits per heavy atom. The summed E-state index contributed by atoms with van der Waals surface area (Å²) >= 11 is 0. The van der Waals surface area contributed by atoms with E-state index < -0.39 is 0 Å². The van der Waals surface area contributed by atoms with Crippen molar-refractivity contribution in [2.45, 2.75) is 57.5 Å². The fourth-order valence-electron chi connectivity index (χ4n) is 4.42. The van der Waals surface area contributed by atoms with Gasteiger partial charge in [-0.3, -0.25) is 0 Å². The van der Waals surface area contributed by atoms with Gasteiger partial charge in [-0.25, -0.2) is 0 Å². The van der Waals surface area contributed by atoms with E-state index in [0.29, 0.717) is 19.3 Å². The van der Waals surface area contributed by atoms with E-state index in [0.717, 1.165) is 29.4 Å².